The van der Waals surface area contributed by atoms with E-state index in [2.05, 4.69) is 0 Å². The summed E-state index contributed by atoms with van der Waals surface area (Å²) in [5, 5.41) is 0.884. The molecule has 0 radical (unpaired) electrons. The molecule has 2 aromatic rings. The van der Waals surface area contributed by atoms with Gasteiger partial charge in [0.15, 0.2) is 5.78 Å². The van der Waals surface area contributed by atoms with E-state index in [0.29, 0.717) is 11.1 Å². The number of alkyl halides is 2. The van der Waals surface area contributed by atoms with Gasteiger partial charge in [-0.2, -0.15) is 0 Å². The number of carbonyl (C=O) groups is 2. The second kappa shape index (κ2) is 4.90. The molecule has 1 aromatic carbocycles. The number of Topliss-reactive ketones (excluding diaryl/α,β-unsaturated/α-hetero) is 1. The Morgan fingerprint density at radius 3 is 2.53 bits per heavy atom. The Balaban J connectivity index is 2.58. The maximum atomic E-state index is 11.6. The zero-order chi connectivity index (χ0) is 12.4. The molecule has 1 heterocycles. The Morgan fingerprint density at radius 2 is 1.88 bits per heavy atom. The average molecular weight is 270 g/mol. The van der Waals surface area contributed by atoms with Crippen LogP contribution in [0.5, 0.6) is 0 Å². The first-order valence-electron chi connectivity index (χ1n) is 4.97. The van der Waals surface area contributed by atoms with Gasteiger partial charge < -0.3 is 0 Å². The number of carbonyl (C=O) groups excluding carboxylic acids is 2. The van der Waals surface area contributed by atoms with Crippen molar-refractivity contribution < 1.29 is 9.59 Å². The molecule has 0 unspecified atom stereocenters. The van der Waals surface area contributed by atoms with Crippen LogP contribution in [0.3, 0.4) is 0 Å². The van der Waals surface area contributed by atoms with Crippen LogP contribution in [0, 0.1) is 0 Å². The van der Waals surface area contributed by atoms with Crippen LogP contribution in [0.25, 0.3) is 10.9 Å². The first kappa shape index (κ1) is 12.1. The summed E-state index contributed by atoms with van der Waals surface area (Å²) in [6.45, 7) is 0. The van der Waals surface area contributed by atoms with Gasteiger partial charge in [0.1, 0.15) is 5.88 Å². The molecule has 3 nitrogen and oxygen atoms in total. The van der Waals surface area contributed by atoms with Gasteiger partial charge in [-0.15, -0.1) is 23.2 Å². The standard InChI is InChI=1S/C12H9Cl2NO2/c13-6-11(16)9-2-1-8-3-4-15(10(8)5-9)12(17)7-14/h1-5H,6-7H2. The number of benzene rings is 1. The normalized spacial score (nSPS) is 10.7. The van der Waals surface area contributed by atoms with Gasteiger partial charge >= 0.3 is 0 Å². The highest BCUT2D eigenvalue weighted by molar-refractivity contribution is 6.30. The van der Waals surface area contributed by atoms with E-state index in [9.17, 15) is 9.59 Å². The second-order valence-electron chi connectivity index (χ2n) is 3.54. The Hall–Kier alpha value is -1.32. The molecule has 0 aliphatic carbocycles. The lowest BCUT2D eigenvalue weighted by Gasteiger charge is -2.02. The fourth-order valence-corrected chi connectivity index (χ4v) is 1.94. The van der Waals surface area contributed by atoms with E-state index in [1.807, 2.05) is 0 Å². The molecular weight excluding hydrogens is 261 g/mol. The minimum Gasteiger partial charge on any atom is -0.293 e. The molecule has 0 bridgehead atoms. The molecule has 0 saturated carbocycles. The monoisotopic (exact) mass is 269 g/mol. The van der Waals surface area contributed by atoms with Crippen molar-refractivity contribution in [3.8, 4) is 0 Å². The first-order chi connectivity index (χ1) is 8.17. The molecule has 1 aromatic heterocycles. The number of nitrogens with zero attached hydrogens (tertiary/aromatic N) is 1. The lowest BCUT2D eigenvalue weighted by Crippen LogP contribution is -2.10. The van der Waals surface area contributed by atoms with Crippen molar-refractivity contribution >= 4 is 45.8 Å². The number of hydrogen-bond donors (Lipinski definition) is 0. The highest BCUT2D eigenvalue weighted by atomic mass is 35.5. The molecule has 0 saturated heterocycles. The smallest absolute Gasteiger partial charge is 0.245 e. The number of ketones is 1. The molecule has 0 N–H and O–H groups in total. The third-order valence-corrected chi connectivity index (χ3v) is 2.99. The highest BCUT2D eigenvalue weighted by Gasteiger charge is 2.10. The second-order valence-corrected chi connectivity index (χ2v) is 4.08. The number of fused-ring (bicyclic) bond motifs is 1. The highest BCUT2D eigenvalue weighted by Crippen LogP contribution is 2.18. The zero-order valence-corrected chi connectivity index (χ0v) is 10.3. The number of rotatable bonds is 3. The molecule has 17 heavy (non-hydrogen) atoms. The van der Waals surface area contributed by atoms with Crippen molar-refractivity contribution in [2.75, 3.05) is 11.8 Å². The van der Waals surface area contributed by atoms with Gasteiger partial charge in [0, 0.05) is 17.1 Å². The van der Waals surface area contributed by atoms with Crippen LogP contribution >= 0.6 is 23.2 Å². The lowest BCUT2D eigenvalue weighted by molar-refractivity contribution is 0.0944. The summed E-state index contributed by atoms with van der Waals surface area (Å²) in [6.07, 6.45) is 1.64. The van der Waals surface area contributed by atoms with Gasteiger partial charge in [-0.05, 0) is 12.1 Å². The molecule has 0 aliphatic heterocycles. The van der Waals surface area contributed by atoms with Gasteiger partial charge in [-0.25, -0.2) is 0 Å². The molecule has 88 valence electrons. The summed E-state index contributed by atoms with van der Waals surface area (Å²) in [5.41, 5.74) is 1.17. The Bertz CT molecular complexity index is 589. The topological polar surface area (TPSA) is 39.1 Å². The quantitative estimate of drug-likeness (QED) is 0.635. The summed E-state index contributed by atoms with van der Waals surface area (Å²) in [6, 6.07) is 6.94. The molecule has 0 atom stereocenters. The van der Waals surface area contributed by atoms with E-state index >= 15 is 0 Å². The van der Waals surface area contributed by atoms with Crippen LogP contribution in [0.1, 0.15) is 15.2 Å². The molecule has 0 fully saturated rings. The van der Waals surface area contributed by atoms with E-state index in [4.69, 9.17) is 23.2 Å². The zero-order valence-electron chi connectivity index (χ0n) is 8.82. The Kier molecular flexibility index (Phi) is 3.50. The SMILES string of the molecule is O=C(CCl)c1ccc2ccn(C(=O)CCl)c2c1. The fraction of sp³-hybridized carbons (Fsp3) is 0.167. The predicted molar refractivity (Wildman–Crippen MR) is 68.3 cm³/mol. The van der Waals surface area contributed by atoms with Gasteiger partial charge in [-0.3, -0.25) is 14.2 Å². The van der Waals surface area contributed by atoms with Crippen LogP contribution in [0.4, 0.5) is 0 Å². The molecule has 0 aliphatic rings. The van der Waals surface area contributed by atoms with Crippen LogP contribution in [0.2, 0.25) is 0 Å². The fourth-order valence-electron chi connectivity index (χ4n) is 1.66. The minimum atomic E-state index is -0.225. The van der Waals surface area contributed by atoms with Crippen molar-refractivity contribution in [1.29, 1.82) is 0 Å². The summed E-state index contributed by atoms with van der Waals surface area (Å²) in [7, 11) is 0. The maximum absolute atomic E-state index is 11.6. The van der Waals surface area contributed by atoms with Crippen LogP contribution in [-0.4, -0.2) is 28.0 Å². The number of hydrogen-bond acceptors (Lipinski definition) is 2. The van der Waals surface area contributed by atoms with Crippen LogP contribution in [-0.2, 0) is 0 Å². The molecule has 0 spiro atoms. The Labute approximate surface area is 108 Å². The summed E-state index contributed by atoms with van der Waals surface area (Å²) >= 11 is 11.0. The third-order valence-electron chi connectivity index (χ3n) is 2.52. The van der Waals surface area contributed by atoms with Crippen LogP contribution < -0.4 is 0 Å². The van der Waals surface area contributed by atoms with E-state index in [1.54, 1.807) is 30.5 Å². The van der Waals surface area contributed by atoms with Gasteiger partial charge in [0.2, 0.25) is 5.91 Å². The first-order valence-corrected chi connectivity index (χ1v) is 6.03. The van der Waals surface area contributed by atoms with Gasteiger partial charge in [-0.1, -0.05) is 12.1 Å². The summed E-state index contributed by atoms with van der Waals surface area (Å²) in [5.74, 6) is -0.565. The Morgan fingerprint density at radius 1 is 1.12 bits per heavy atom. The third kappa shape index (κ3) is 2.21. The predicted octanol–water partition coefficient (Wildman–Crippen LogP) is 2.94. The van der Waals surface area contributed by atoms with Gasteiger partial charge in [0.25, 0.3) is 0 Å². The van der Waals surface area contributed by atoms with Crippen molar-refractivity contribution in [2.45, 2.75) is 0 Å². The number of aromatic nitrogens is 1. The molecule has 5 heteroatoms. The lowest BCUT2D eigenvalue weighted by atomic mass is 10.1. The van der Waals surface area contributed by atoms with E-state index in [1.165, 1.54) is 4.57 Å². The molecule has 2 rings (SSSR count). The molecular formula is C12H9Cl2NO2. The van der Waals surface area contributed by atoms with E-state index in [0.717, 1.165) is 5.39 Å². The maximum Gasteiger partial charge on any atom is 0.245 e. The van der Waals surface area contributed by atoms with Crippen molar-refractivity contribution in [3.63, 3.8) is 0 Å². The van der Waals surface area contributed by atoms with Crippen LogP contribution in [0.15, 0.2) is 30.5 Å². The van der Waals surface area contributed by atoms with Crippen molar-refractivity contribution in [2.24, 2.45) is 0 Å². The van der Waals surface area contributed by atoms with E-state index < -0.39 is 0 Å². The van der Waals surface area contributed by atoms with E-state index in [-0.39, 0.29) is 23.5 Å². The van der Waals surface area contributed by atoms with Crippen molar-refractivity contribution in [1.82, 2.24) is 4.57 Å². The number of halogens is 2. The van der Waals surface area contributed by atoms with Gasteiger partial charge in [0.05, 0.1) is 11.4 Å². The largest absolute Gasteiger partial charge is 0.293 e. The summed E-state index contributed by atoms with van der Waals surface area (Å²) in [4.78, 5) is 23.0. The average Bonchev–Trinajstić information content (AvgIpc) is 2.79. The summed E-state index contributed by atoms with van der Waals surface area (Å²) < 4.78 is 1.44. The molecule has 0 amide bonds. The van der Waals surface area contributed by atoms with Crippen molar-refractivity contribution in [3.05, 3.63) is 36.0 Å². The minimum absolute atomic E-state index is 0.0737.